The number of esters is 1. The average Bonchev–Trinajstić information content (AvgIpc) is 2.69. The van der Waals surface area contributed by atoms with Gasteiger partial charge in [0.05, 0.1) is 5.56 Å². The normalized spacial score (nSPS) is 14.2. The molecule has 2 aromatic carbocycles. The number of thiocarbonyl (C=S) groups is 1. The Morgan fingerprint density at radius 3 is 2.18 bits per heavy atom. The van der Waals surface area contributed by atoms with Gasteiger partial charge in [-0.05, 0) is 86.4 Å². The first-order chi connectivity index (χ1) is 13.5. The van der Waals surface area contributed by atoms with Crippen molar-refractivity contribution in [2.45, 2.75) is 38.2 Å². The third-order valence-corrected chi connectivity index (χ3v) is 4.74. The molecule has 5 nitrogen and oxygen atoms in total. The van der Waals surface area contributed by atoms with Gasteiger partial charge < -0.3 is 10.1 Å². The molecule has 0 heterocycles. The number of hydrogen-bond donors (Lipinski definition) is 2. The first-order valence-electron chi connectivity index (χ1n) is 9.20. The van der Waals surface area contributed by atoms with Crippen LogP contribution in [0.25, 0.3) is 0 Å². The van der Waals surface area contributed by atoms with Gasteiger partial charge >= 0.3 is 5.97 Å². The third kappa shape index (κ3) is 5.60. The SMILES string of the molecule is O=C(NC(=S)Nc1ccc(C(=O)OC2CCCCC2)cc1)c1ccc(F)cc1. The predicted octanol–water partition coefficient (Wildman–Crippen LogP) is 4.44. The molecule has 28 heavy (non-hydrogen) atoms. The van der Waals surface area contributed by atoms with Crippen molar-refractivity contribution in [1.29, 1.82) is 0 Å². The van der Waals surface area contributed by atoms with Crippen LogP contribution >= 0.6 is 12.2 Å². The van der Waals surface area contributed by atoms with E-state index < -0.39 is 11.7 Å². The molecule has 3 rings (SSSR count). The van der Waals surface area contributed by atoms with Gasteiger partial charge in [0.1, 0.15) is 11.9 Å². The molecule has 1 saturated carbocycles. The van der Waals surface area contributed by atoms with Crippen LogP contribution in [0.3, 0.4) is 0 Å². The molecule has 1 amide bonds. The number of anilines is 1. The van der Waals surface area contributed by atoms with E-state index in [1.165, 1.54) is 30.7 Å². The van der Waals surface area contributed by atoms with Crippen LogP contribution in [0.15, 0.2) is 48.5 Å². The summed E-state index contributed by atoms with van der Waals surface area (Å²) in [5.74, 6) is -1.19. The highest BCUT2D eigenvalue weighted by molar-refractivity contribution is 7.80. The Morgan fingerprint density at radius 1 is 0.929 bits per heavy atom. The summed E-state index contributed by atoms with van der Waals surface area (Å²) in [5, 5.41) is 5.50. The van der Waals surface area contributed by atoms with Crippen LogP contribution in [-0.2, 0) is 4.74 Å². The summed E-state index contributed by atoms with van der Waals surface area (Å²) in [6, 6.07) is 11.8. The lowest BCUT2D eigenvalue weighted by atomic mass is 9.98. The summed E-state index contributed by atoms with van der Waals surface area (Å²) < 4.78 is 18.5. The van der Waals surface area contributed by atoms with Crippen LogP contribution in [0.2, 0.25) is 0 Å². The van der Waals surface area contributed by atoms with Crippen molar-refractivity contribution in [1.82, 2.24) is 5.32 Å². The van der Waals surface area contributed by atoms with Crippen molar-refractivity contribution in [3.05, 3.63) is 65.5 Å². The predicted molar refractivity (Wildman–Crippen MR) is 109 cm³/mol. The minimum atomic E-state index is -0.440. The van der Waals surface area contributed by atoms with Crippen molar-refractivity contribution >= 4 is 34.9 Å². The van der Waals surface area contributed by atoms with E-state index in [4.69, 9.17) is 17.0 Å². The topological polar surface area (TPSA) is 67.4 Å². The minimum Gasteiger partial charge on any atom is -0.459 e. The largest absolute Gasteiger partial charge is 0.459 e. The zero-order valence-electron chi connectivity index (χ0n) is 15.2. The second-order valence-corrected chi connectivity index (χ2v) is 7.07. The Labute approximate surface area is 168 Å². The molecule has 0 spiro atoms. The summed E-state index contributed by atoms with van der Waals surface area (Å²) in [5.41, 5.74) is 1.39. The number of carbonyl (C=O) groups excluding carboxylic acids is 2. The van der Waals surface area contributed by atoms with Crippen molar-refractivity contribution < 1.29 is 18.7 Å². The van der Waals surface area contributed by atoms with Gasteiger partial charge in [-0.1, -0.05) is 6.42 Å². The van der Waals surface area contributed by atoms with E-state index >= 15 is 0 Å². The van der Waals surface area contributed by atoms with Crippen LogP contribution in [-0.4, -0.2) is 23.1 Å². The quantitative estimate of drug-likeness (QED) is 0.587. The Morgan fingerprint density at radius 2 is 1.54 bits per heavy atom. The van der Waals surface area contributed by atoms with E-state index in [-0.39, 0.29) is 17.2 Å². The van der Waals surface area contributed by atoms with E-state index in [0.29, 0.717) is 16.8 Å². The number of benzene rings is 2. The Bertz CT molecular complexity index is 847. The van der Waals surface area contributed by atoms with Gasteiger partial charge in [-0.3, -0.25) is 10.1 Å². The molecule has 1 fully saturated rings. The molecule has 0 radical (unpaired) electrons. The molecule has 0 unspecified atom stereocenters. The van der Waals surface area contributed by atoms with Crippen LogP contribution in [0.1, 0.15) is 52.8 Å². The van der Waals surface area contributed by atoms with Crippen molar-refractivity contribution in [2.75, 3.05) is 5.32 Å². The van der Waals surface area contributed by atoms with Crippen molar-refractivity contribution in [3.8, 4) is 0 Å². The highest BCUT2D eigenvalue weighted by Gasteiger charge is 2.18. The van der Waals surface area contributed by atoms with E-state index in [0.717, 1.165) is 25.7 Å². The zero-order chi connectivity index (χ0) is 19.9. The molecule has 0 saturated heterocycles. The van der Waals surface area contributed by atoms with Crippen molar-refractivity contribution in [2.24, 2.45) is 0 Å². The van der Waals surface area contributed by atoms with Crippen LogP contribution in [0, 0.1) is 5.82 Å². The maximum atomic E-state index is 12.9. The number of rotatable bonds is 4. The Kier molecular flexibility index (Phi) is 6.71. The molecule has 7 heteroatoms. The highest BCUT2D eigenvalue weighted by Crippen LogP contribution is 2.21. The number of ether oxygens (including phenoxy) is 1. The zero-order valence-corrected chi connectivity index (χ0v) is 16.1. The smallest absolute Gasteiger partial charge is 0.338 e. The average molecular weight is 400 g/mol. The maximum Gasteiger partial charge on any atom is 0.338 e. The monoisotopic (exact) mass is 400 g/mol. The molecule has 0 aliphatic heterocycles. The van der Waals surface area contributed by atoms with E-state index in [9.17, 15) is 14.0 Å². The molecule has 1 aliphatic carbocycles. The molecule has 1 aliphatic rings. The molecular formula is C21H21FN2O3S. The molecular weight excluding hydrogens is 379 g/mol. The number of hydrogen-bond acceptors (Lipinski definition) is 4. The van der Waals surface area contributed by atoms with Gasteiger partial charge in [-0.25, -0.2) is 9.18 Å². The fourth-order valence-corrected chi connectivity index (χ4v) is 3.24. The van der Waals surface area contributed by atoms with E-state index in [2.05, 4.69) is 10.6 Å². The van der Waals surface area contributed by atoms with Crippen LogP contribution in [0.5, 0.6) is 0 Å². The molecule has 2 N–H and O–H groups in total. The van der Waals surface area contributed by atoms with E-state index in [1.54, 1.807) is 24.3 Å². The van der Waals surface area contributed by atoms with Crippen molar-refractivity contribution in [3.63, 3.8) is 0 Å². The third-order valence-electron chi connectivity index (χ3n) is 4.54. The minimum absolute atomic E-state index is 0.00769. The molecule has 0 bridgehead atoms. The number of halogens is 1. The lowest BCUT2D eigenvalue weighted by molar-refractivity contribution is 0.0211. The Balaban J connectivity index is 1.51. The second-order valence-electron chi connectivity index (χ2n) is 6.66. The standard InChI is InChI=1S/C21H21FN2O3S/c22-16-10-6-14(7-11-16)19(25)24-21(28)23-17-12-8-15(9-13-17)20(26)27-18-4-2-1-3-5-18/h6-13,18H,1-5H2,(H2,23,24,25,28). The molecule has 146 valence electrons. The fraction of sp³-hybridized carbons (Fsp3) is 0.286. The first-order valence-corrected chi connectivity index (χ1v) is 9.61. The Hall–Kier alpha value is -2.80. The number of carbonyl (C=O) groups is 2. The fourth-order valence-electron chi connectivity index (χ4n) is 3.03. The first kappa shape index (κ1) is 19.9. The number of nitrogens with one attached hydrogen (secondary N) is 2. The lowest BCUT2D eigenvalue weighted by Crippen LogP contribution is -2.34. The summed E-state index contributed by atoms with van der Waals surface area (Å²) in [7, 11) is 0. The lowest BCUT2D eigenvalue weighted by Gasteiger charge is -2.21. The van der Waals surface area contributed by atoms with Crippen LogP contribution in [0.4, 0.5) is 10.1 Å². The maximum absolute atomic E-state index is 12.9. The number of amides is 1. The highest BCUT2D eigenvalue weighted by atomic mass is 32.1. The van der Waals surface area contributed by atoms with Crippen LogP contribution < -0.4 is 10.6 Å². The van der Waals surface area contributed by atoms with Gasteiger partial charge in [-0.15, -0.1) is 0 Å². The molecule has 0 atom stereocenters. The summed E-state index contributed by atoms with van der Waals surface area (Å²) in [6.07, 6.45) is 5.25. The molecule has 2 aromatic rings. The summed E-state index contributed by atoms with van der Waals surface area (Å²) >= 11 is 5.12. The van der Waals surface area contributed by atoms with Gasteiger partial charge in [-0.2, -0.15) is 0 Å². The summed E-state index contributed by atoms with van der Waals surface area (Å²) in [6.45, 7) is 0. The molecule has 0 aromatic heterocycles. The second kappa shape index (κ2) is 9.41. The summed E-state index contributed by atoms with van der Waals surface area (Å²) in [4.78, 5) is 24.3. The van der Waals surface area contributed by atoms with E-state index in [1.807, 2.05) is 0 Å². The van der Waals surface area contributed by atoms with Gasteiger partial charge in [0.15, 0.2) is 5.11 Å². The van der Waals surface area contributed by atoms with Gasteiger partial charge in [0, 0.05) is 11.3 Å². The van der Waals surface area contributed by atoms with Gasteiger partial charge in [0.2, 0.25) is 0 Å². The van der Waals surface area contributed by atoms with Gasteiger partial charge in [0.25, 0.3) is 5.91 Å².